The van der Waals surface area contributed by atoms with Gasteiger partial charge in [0.1, 0.15) is 5.75 Å². The molecule has 7 nitrogen and oxygen atoms in total. The number of primary amides is 1. The molecule has 0 radical (unpaired) electrons. The number of amides is 1. The number of hydrogen-bond donors (Lipinski definition) is 2. The Morgan fingerprint density at radius 2 is 1.83 bits per heavy atom. The monoisotopic (exact) mass is 524 g/mol. The van der Waals surface area contributed by atoms with Crippen molar-refractivity contribution in [3.8, 4) is 11.8 Å². The molecule has 9 heteroatoms. The maximum Gasteiger partial charge on any atom is 0.255 e. The van der Waals surface area contributed by atoms with Gasteiger partial charge in [-0.25, -0.2) is 0 Å². The molecule has 3 aromatic carbocycles. The van der Waals surface area contributed by atoms with E-state index in [2.05, 4.69) is 15.9 Å². The molecule has 36 heavy (non-hydrogen) atoms. The lowest BCUT2D eigenvalue weighted by Crippen LogP contribution is -2.49. The van der Waals surface area contributed by atoms with Gasteiger partial charge in [-0.05, 0) is 47.5 Å². The van der Waals surface area contributed by atoms with Crippen LogP contribution in [0.15, 0.2) is 66.7 Å². The lowest BCUT2D eigenvalue weighted by molar-refractivity contribution is -0.119. The third-order valence-corrected chi connectivity index (χ3v) is 6.74. The van der Waals surface area contributed by atoms with Crippen LogP contribution in [0.25, 0.3) is 0 Å². The van der Waals surface area contributed by atoms with Crippen molar-refractivity contribution >= 4 is 34.8 Å². The Kier molecular flexibility index (Phi) is 8.34. The number of halogens is 2. The highest BCUT2D eigenvalue weighted by molar-refractivity contribution is 6.33. The van der Waals surface area contributed by atoms with Crippen LogP contribution in [0.1, 0.15) is 28.8 Å². The minimum Gasteiger partial charge on any atom is -0.484 e. The molecule has 0 unspecified atom stereocenters. The van der Waals surface area contributed by atoms with E-state index < -0.39 is 12.0 Å². The first-order chi connectivity index (χ1) is 17.3. The standard InChI is InChI=1S/C27H26Cl2N4O3/c28-21-7-5-19(6-8-21)25-15-32(16-26(34)20-3-1-18(14-30)2-4-20)11-12-33(25)24-10-9-22(13-23(24)29)36-17-27(31)35/h1-10,13,25-26,34H,11-12,15-17H2,(H2,31,35)/t25-,26+/m0/s1. The summed E-state index contributed by atoms with van der Waals surface area (Å²) < 4.78 is 5.39. The molecule has 2 atom stereocenters. The summed E-state index contributed by atoms with van der Waals surface area (Å²) in [5.74, 6) is -0.0907. The van der Waals surface area contributed by atoms with Crippen molar-refractivity contribution in [1.29, 1.82) is 5.26 Å². The molecule has 3 N–H and O–H groups in total. The van der Waals surface area contributed by atoms with Gasteiger partial charge >= 0.3 is 0 Å². The van der Waals surface area contributed by atoms with Gasteiger partial charge in [0.15, 0.2) is 6.61 Å². The summed E-state index contributed by atoms with van der Waals surface area (Å²) in [5, 5.41) is 21.0. The highest BCUT2D eigenvalue weighted by atomic mass is 35.5. The topological polar surface area (TPSA) is 103 Å². The number of nitrogens with zero attached hydrogens (tertiary/aromatic N) is 3. The zero-order valence-corrected chi connectivity index (χ0v) is 21.0. The van der Waals surface area contributed by atoms with Crippen LogP contribution in [0, 0.1) is 11.3 Å². The smallest absolute Gasteiger partial charge is 0.255 e. The van der Waals surface area contributed by atoms with Crippen molar-refractivity contribution in [3.63, 3.8) is 0 Å². The molecule has 1 heterocycles. The number of nitriles is 1. The Bertz CT molecular complexity index is 1250. The van der Waals surface area contributed by atoms with Crippen LogP contribution in [0.3, 0.4) is 0 Å². The van der Waals surface area contributed by atoms with E-state index in [0.717, 1.165) is 16.8 Å². The summed E-state index contributed by atoms with van der Waals surface area (Å²) in [4.78, 5) is 15.5. The molecule has 1 fully saturated rings. The second-order valence-corrected chi connectivity index (χ2v) is 9.48. The number of rotatable bonds is 8. The maximum absolute atomic E-state index is 11.0. The van der Waals surface area contributed by atoms with E-state index in [1.54, 1.807) is 36.4 Å². The van der Waals surface area contributed by atoms with Crippen molar-refractivity contribution in [1.82, 2.24) is 4.90 Å². The minimum absolute atomic E-state index is 0.0425. The predicted molar refractivity (Wildman–Crippen MR) is 140 cm³/mol. The van der Waals surface area contributed by atoms with Gasteiger partial charge in [0.25, 0.3) is 5.91 Å². The number of ether oxygens (including phenoxy) is 1. The quantitative estimate of drug-likeness (QED) is 0.454. The number of hydrogen-bond acceptors (Lipinski definition) is 6. The highest BCUT2D eigenvalue weighted by Crippen LogP contribution is 2.37. The minimum atomic E-state index is -0.680. The molecule has 3 aromatic rings. The summed E-state index contributed by atoms with van der Waals surface area (Å²) in [5.41, 5.74) is 8.41. The molecule has 186 valence electrons. The van der Waals surface area contributed by atoms with Crippen molar-refractivity contribution in [3.05, 3.63) is 93.5 Å². The molecule has 0 spiro atoms. The Labute approximate surface area is 220 Å². The van der Waals surface area contributed by atoms with Gasteiger partial charge < -0.3 is 20.5 Å². The number of piperazine rings is 1. The van der Waals surface area contributed by atoms with Gasteiger partial charge in [-0.15, -0.1) is 0 Å². The number of carbonyl (C=O) groups excluding carboxylic acids is 1. The van der Waals surface area contributed by atoms with Crippen LogP contribution in [-0.2, 0) is 4.79 Å². The fourth-order valence-electron chi connectivity index (χ4n) is 4.36. The van der Waals surface area contributed by atoms with Gasteiger partial charge in [-0.2, -0.15) is 5.26 Å². The van der Waals surface area contributed by atoms with Crippen LogP contribution < -0.4 is 15.4 Å². The summed E-state index contributed by atoms with van der Waals surface area (Å²) in [6.07, 6.45) is -0.680. The summed E-state index contributed by atoms with van der Waals surface area (Å²) >= 11 is 12.8. The number of nitrogens with two attached hydrogens (primary N) is 1. The van der Waals surface area contributed by atoms with Gasteiger partial charge in [-0.3, -0.25) is 9.69 Å². The molecule has 1 amide bonds. The summed E-state index contributed by atoms with van der Waals surface area (Å²) in [6.45, 7) is 2.29. The van der Waals surface area contributed by atoms with Crippen LogP contribution in [0.2, 0.25) is 10.0 Å². The molecule has 1 aliphatic heterocycles. The summed E-state index contributed by atoms with van der Waals surface area (Å²) in [7, 11) is 0. The molecule has 1 aliphatic rings. The lowest BCUT2D eigenvalue weighted by atomic mass is 10.00. The van der Waals surface area contributed by atoms with Gasteiger partial charge in [-0.1, -0.05) is 47.5 Å². The fraction of sp³-hybridized carbons (Fsp3) is 0.259. The maximum atomic E-state index is 11.0. The Morgan fingerprint density at radius 3 is 2.47 bits per heavy atom. The van der Waals surface area contributed by atoms with Crippen LogP contribution in [0.4, 0.5) is 5.69 Å². The number of aliphatic hydroxyl groups excluding tert-OH is 1. The highest BCUT2D eigenvalue weighted by Gasteiger charge is 2.31. The van der Waals surface area contributed by atoms with E-state index in [-0.39, 0.29) is 12.6 Å². The molecule has 1 saturated heterocycles. The summed E-state index contributed by atoms with van der Waals surface area (Å²) in [6, 6.07) is 22.1. The SMILES string of the molecule is N#Cc1ccc([C@H](O)CN2CCN(c3ccc(OCC(N)=O)cc3Cl)[C@H](c3ccc(Cl)cc3)C2)cc1. The lowest BCUT2D eigenvalue weighted by Gasteiger charge is -2.44. The fourth-order valence-corrected chi connectivity index (χ4v) is 4.76. The number of benzene rings is 3. The molecule has 0 bridgehead atoms. The van der Waals surface area contributed by atoms with Gasteiger partial charge in [0.05, 0.1) is 34.5 Å². The molecule has 4 rings (SSSR count). The number of anilines is 1. The van der Waals surface area contributed by atoms with Crippen molar-refractivity contribution < 1.29 is 14.6 Å². The van der Waals surface area contributed by atoms with Crippen LogP contribution >= 0.6 is 23.2 Å². The number of β-amino-alcohol motifs (C(OH)–C–C–N with tert-alkyl or cyclic N) is 1. The predicted octanol–water partition coefficient (Wildman–Crippen LogP) is 4.33. The molecular weight excluding hydrogens is 499 g/mol. The normalized spacial score (nSPS) is 16.8. The molecule has 0 saturated carbocycles. The second-order valence-electron chi connectivity index (χ2n) is 8.64. The molecular formula is C27H26Cl2N4O3. The van der Waals surface area contributed by atoms with E-state index in [0.29, 0.717) is 47.5 Å². The first kappa shape index (κ1) is 25.8. The Hall–Kier alpha value is -3.28. The zero-order chi connectivity index (χ0) is 25.7. The van der Waals surface area contributed by atoms with Crippen molar-refractivity contribution in [2.75, 3.05) is 37.7 Å². The number of carbonyl (C=O) groups is 1. The Morgan fingerprint density at radius 1 is 1.11 bits per heavy atom. The third kappa shape index (κ3) is 6.28. The van der Waals surface area contributed by atoms with E-state index >= 15 is 0 Å². The molecule has 0 aliphatic carbocycles. The van der Waals surface area contributed by atoms with Gasteiger partial charge in [0.2, 0.25) is 0 Å². The van der Waals surface area contributed by atoms with E-state index in [1.807, 2.05) is 30.3 Å². The van der Waals surface area contributed by atoms with Crippen molar-refractivity contribution in [2.24, 2.45) is 5.73 Å². The van der Waals surface area contributed by atoms with E-state index in [9.17, 15) is 9.90 Å². The largest absolute Gasteiger partial charge is 0.484 e. The van der Waals surface area contributed by atoms with Crippen LogP contribution in [-0.4, -0.2) is 48.7 Å². The van der Waals surface area contributed by atoms with Gasteiger partial charge in [0, 0.05) is 37.3 Å². The average molecular weight is 525 g/mol. The Balaban J connectivity index is 1.55. The van der Waals surface area contributed by atoms with E-state index in [1.165, 1.54) is 0 Å². The third-order valence-electron chi connectivity index (χ3n) is 6.18. The second kappa shape index (κ2) is 11.6. The first-order valence-corrected chi connectivity index (χ1v) is 12.2. The first-order valence-electron chi connectivity index (χ1n) is 11.5. The van der Waals surface area contributed by atoms with Crippen molar-refractivity contribution in [2.45, 2.75) is 12.1 Å². The van der Waals surface area contributed by atoms with E-state index in [4.69, 9.17) is 38.9 Å². The average Bonchev–Trinajstić information content (AvgIpc) is 2.88. The van der Waals surface area contributed by atoms with Crippen LogP contribution in [0.5, 0.6) is 5.75 Å². The number of aliphatic hydroxyl groups is 1. The molecule has 0 aromatic heterocycles. The zero-order valence-electron chi connectivity index (χ0n) is 19.5.